The van der Waals surface area contributed by atoms with Crippen LogP contribution in [0.1, 0.15) is 13.8 Å². The molecular weight excluding hydrogens is 384 g/mol. The summed E-state index contributed by atoms with van der Waals surface area (Å²) in [6.45, 7) is 3.12. The zero-order chi connectivity index (χ0) is 17.2. The second-order valence-corrected chi connectivity index (χ2v) is 6.87. The molecule has 0 aliphatic rings. The molecule has 0 aromatic heterocycles. The number of esters is 1. The molecule has 2 amide bonds. The summed E-state index contributed by atoms with van der Waals surface area (Å²) in [7, 11) is 0. The van der Waals surface area contributed by atoms with Gasteiger partial charge in [-0.1, -0.05) is 15.9 Å². The number of amides is 2. The molecule has 1 aromatic rings. The minimum Gasteiger partial charge on any atom is -0.455 e. The van der Waals surface area contributed by atoms with E-state index in [1.807, 2.05) is 38.1 Å². The SMILES string of the molecule is CC(C)NC(=O)CNC(=O)COC(=O)CSc1ccc(Br)cc1. The van der Waals surface area contributed by atoms with E-state index in [1.165, 1.54) is 11.8 Å². The van der Waals surface area contributed by atoms with Crippen LogP contribution in [0.4, 0.5) is 0 Å². The minimum absolute atomic E-state index is 0.00728. The lowest BCUT2D eigenvalue weighted by molar-refractivity contribution is -0.146. The summed E-state index contributed by atoms with van der Waals surface area (Å²) < 4.78 is 5.81. The van der Waals surface area contributed by atoms with Gasteiger partial charge in [0.15, 0.2) is 6.61 Å². The Balaban J connectivity index is 2.18. The maximum absolute atomic E-state index is 11.6. The van der Waals surface area contributed by atoms with E-state index >= 15 is 0 Å². The van der Waals surface area contributed by atoms with E-state index in [2.05, 4.69) is 26.6 Å². The zero-order valence-electron chi connectivity index (χ0n) is 12.9. The number of thioether (sulfide) groups is 1. The molecule has 6 nitrogen and oxygen atoms in total. The van der Waals surface area contributed by atoms with E-state index < -0.39 is 18.5 Å². The molecule has 2 N–H and O–H groups in total. The zero-order valence-corrected chi connectivity index (χ0v) is 15.3. The molecule has 0 atom stereocenters. The quantitative estimate of drug-likeness (QED) is 0.510. The number of hydrogen-bond acceptors (Lipinski definition) is 5. The van der Waals surface area contributed by atoms with Crippen LogP contribution >= 0.6 is 27.7 Å². The van der Waals surface area contributed by atoms with Crippen molar-refractivity contribution in [3.63, 3.8) is 0 Å². The molecule has 0 spiro atoms. The molecule has 1 aromatic carbocycles. The molecule has 0 heterocycles. The summed E-state index contributed by atoms with van der Waals surface area (Å²) in [6, 6.07) is 7.52. The van der Waals surface area contributed by atoms with Gasteiger partial charge in [-0.3, -0.25) is 14.4 Å². The molecule has 0 bridgehead atoms. The van der Waals surface area contributed by atoms with Crippen molar-refractivity contribution in [3.05, 3.63) is 28.7 Å². The second-order valence-electron chi connectivity index (χ2n) is 4.90. The number of halogens is 1. The van der Waals surface area contributed by atoms with Crippen molar-refractivity contribution in [1.29, 1.82) is 0 Å². The molecule has 0 unspecified atom stereocenters. The fourth-order valence-electron chi connectivity index (χ4n) is 1.46. The normalized spacial score (nSPS) is 10.3. The predicted molar refractivity (Wildman–Crippen MR) is 92.1 cm³/mol. The van der Waals surface area contributed by atoms with Crippen molar-refractivity contribution in [3.8, 4) is 0 Å². The molecule has 23 heavy (non-hydrogen) atoms. The molecule has 0 saturated heterocycles. The number of rotatable bonds is 8. The number of hydrogen-bond donors (Lipinski definition) is 2. The molecule has 1 rings (SSSR count). The van der Waals surface area contributed by atoms with E-state index in [0.29, 0.717) is 0 Å². The average Bonchev–Trinajstić information content (AvgIpc) is 2.49. The Morgan fingerprint density at radius 2 is 1.83 bits per heavy atom. The summed E-state index contributed by atoms with van der Waals surface area (Å²) in [5.41, 5.74) is 0. The van der Waals surface area contributed by atoms with Crippen molar-refractivity contribution >= 4 is 45.5 Å². The number of benzene rings is 1. The number of ether oxygens (including phenoxy) is 1. The topological polar surface area (TPSA) is 84.5 Å². The fraction of sp³-hybridized carbons (Fsp3) is 0.400. The first kappa shape index (κ1) is 19.5. The Bertz CT molecular complexity index is 549. The van der Waals surface area contributed by atoms with Crippen LogP contribution in [-0.2, 0) is 19.1 Å². The van der Waals surface area contributed by atoms with Gasteiger partial charge in [-0.2, -0.15) is 0 Å². The van der Waals surface area contributed by atoms with Gasteiger partial charge in [0.25, 0.3) is 5.91 Å². The Labute approximate surface area is 147 Å². The van der Waals surface area contributed by atoms with Gasteiger partial charge in [0.2, 0.25) is 5.91 Å². The first-order valence-electron chi connectivity index (χ1n) is 6.97. The largest absolute Gasteiger partial charge is 0.455 e. The summed E-state index contributed by atoms with van der Waals surface area (Å²) in [5, 5.41) is 5.02. The van der Waals surface area contributed by atoms with Crippen molar-refractivity contribution < 1.29 is 19.1 Å². The number of carbonyl (C=O) groups is 3. The maximum atomic E-state index is 11.6. The van der Waals surface area contributed by atoms with Crippen LogP contribution in [-0.4, -0.2) is 42.7 Å². The Hall–Kier alpha value is -1.54. The van der Waals surface area contributed by atoms with Crippen molar-refractivity contribution in [2.45, 2.75) is 24.8 Å². The van der Waals surface area contributed by atoms with Crippen LogP contribution in [0.25, 0.3) is 0 Å². The van der Waals surface area contributed by atoms with E-state index in [-0.39, 0.29) is 24.2 Å². The van der Waals surface area contributed by atoms with Crippen LogP contribution in [0.3, 0.4) is 0 Å². The monoisotopic (exact) mass is 402 g/mol. The molecule has 8 heteroatoms. The molecule has 0 aliphatic carbocycles. The Kier molecular flexibility index (Phi) is 8.71. The third-order valence-corrected chi connectivity index (χ3v) is 3.94. The third-order valence-electron chi connectivity index (χ3n) is 2.43. The first-order chi connectivity index (χ1) is 10.9. The van der Waals surface area contributed by atoms with Gasteiger partial charge in [0.1, 0.15) is 0 Å². The lowest BCUT2D eigenvalue weighted by atomic mass is 10.4. The van der Waals surface area contributed by atoms with Crippen LogP contribution in [0.5, 0.6) is 0 Å². The smallest absolute Gasteiger partial charge is 0.316 e. The molecule has 126 valence electrons. The summed E-state index contributed by atoms with van der Waals surface area (Å²) in [4.78, 5) is 35.3. The number of nitrogens with one attached hydrogen (secondary N) is 2. The van der Waals surface area contributed by atoms with Crippen LogP contribution < -0.4 is 10.6 Å². The van der Waals surface area contributed by atoms with Gasteiger partial charge in [-0.25, -0.2) is 0 Å². The number of carbonyl (C=O) groups excluding carboxylic acids is 3. The minimum atomic E-state index is -0.508. The van der Waals surface area contributed by atoms with Crippen LogP contribution in [0.2, 0.25) is 0 Å². The fourth-order valence-corrected chi connectivity index (χ4v) is 2.42. The molecular formula is C15H19BrN2O4S. The maximum Gasteiger partial charge on any atom is 0.316 e. The lowest BCUT2D eigenvalue weighted by Crippen LogP contribution is -2.41. The van der Waals surface area contributed by atoms with Gasteiger partial charge in [0, 0.05) is 15.4 Å². The van der Waals surface area contributed by atoms with Crippen molar-refractivity contribution in [1.82, 2.24) is 10.6 Å². The Morgan fingerprint density at radius 3 is 2.43 bits per heavy atom. The van der Waals surface area contributed by atoms with Gasteiger partial charge < -0.3 is 15.4 Å². The van der Waals surface area contributed by atoms with Crippen LogP contribution in [0.15, 0.2) is 33.6 Å². The van der Waals surface area contributed by atoms with Crippen molar-refractivity contribution in [2.24, 2.45) is 0 Å². The first-order valence-corrected chi connectivity index (χ1v) is 8.74. The van der Waals surface area contributed by atoms with Gasteiger partial charge in [-0.15, -0.1) is 11.8 Å². The van der Waals surface area contributed by atoms with Crippen molar-refractivity contribution in [2.75, 3.05) is 18.9 Å². The molecule has 0 aliphatic heterocycles. The lowest BCUT2D eigenvalue weighted by Gasteiger charge is -2.09. The standard InChI is InChI=1S/C15H19BrN2O4S/c1-10(2)18-13(19)7-17-14(20)8-22-15(21)9-23-12-5-3-11(16)4-6-12/h3-6,10H,7-9H2,1-2H3,(H,17,20)(H,18,19). The van der Waals surface area contributed by atoms with E-state index in [1.54, 1.807) is 0 Å². The summed E-state index contributed by atoms with van der Waals surface area (Å²) in [5.74, 6) is -1.17. The highest BCUT2D eigenvalue weighted by Crippen LogP contribution is 2.20. The van der Waals surface area contributed by atoms with Gasteiger partial charge in [-0.05, 0) is 38.1 Å². The summed E-state index contributed by atoms with van der Waals surface area (Å²) >= 11 is 4.65. The van der Waals surface area contributed by atoms with Gasteiger partial charge >= 0.3 is 5.97 Å². The predicted octanol–water partition coefficient (Wildman–Crippen LogP) is 1.73. The van der Waals surface area contributed by atoms with E-state index in [0.717, 1.165) is 9.37 Å². The van der Waals surface area contributed by atoms with Gasteiger partial charge in [0.05, 0.1) is 12.3 Å². The average molecular weight is 403 g/mol. The highest BCUT2D eigenvalue weighted by Gasteiger charge is 2.10. The highest BCUT2D eigenvalue weighted by atomic mass is 79.9. The molecule has 0 fully saturated rings. The third kappa shape index (κ3) is 9.25. The van der Waals surface area contributed by atoms with E-state index in [9.17, 15) is 14.4 Å². The Morgan fingerprint density at radius 1 is 1.17 bits per heavy atom. The second kappa shape index (κ2) is 10.3. The summed E-state index contributed by atoms with van der Waals surface area (Å²) in [6.07, 6.45) is 0. The van der Waals surface area contributed by atoms with Crippen LogP contribution in [0, 0.1) is 0 Å². The van der Waals surface area contributed by atoms with E-state index in [4.69, 9.17) is 4.74 Å². The molecule has 0 saturated carbocycles. The highest BCUT2D eigenvalue weighted by molar-refractivity contribution is 9.10. The molecule has 0 radical (unpaired) electrons.